The summed E-state index contributed by atoms with van der Waals surface area (Å²) < 4.78 is 1.80. The van der Waals surface area contributed by atoms with Gasteiger partial charge < -0.3 is 25.8 Å². The van der Waals surface area contributed by atoms with Gasteiger partial charge in [-0.25, -0.2) is 4.98 Å². The van der Waals surface area contributed by atoms with Crippen molar-refractivity contribution in [2.45, 2.75) is 82.3 Å². The number of nitrogens with one attached hydrogen (secondary N) is 2. The van der Waals surface area contributed by atoms with Crippen molar-refractivity contribution in [3.05, 3.63) is 114 Å². The van der Waals surface area contributed by atoms with E-state index in [0.717, 1.165) is 44.1 Å². The van der Waals surface area contributed by atoms with Crippen LogP contribution in [0.4, 0.5) is 0 Å². The van der Waals surface area contributed by atoms with Crippen molar-refractivity contribution in [2.24, 2.45) is 23.5 Å². The maximum atomic E-state index is 13.9. The van der Waals surface area contributed by atoms with E-state index in [1.165, 1.54) is 11.1 Å². The molecule has 282 valence electrons. The van der Waals surface area contributed by atoms with Gasteiger partial charge >= 0.3 is 0 Å². The lowest BCUT2D eigenvalue weighted by Gasteiger charge is -2.17. The van der Waals surface area contributed by atoms with Gasteiger partial charge in [-0.2, -0.15) is 0 Å². The van der Waals surface area contributed by atoms with Crippen LogP contribution in [0.15, 0.2) is 97.5 Å². The molecule has 0 radical (unpaired) electrons. The van der Waals surface area contributed by atoms with Crippen LogP contribution in [-0.4, -0.2) is 69.7 Å². The van der Waals surface area contributed by atoms with Crippen LogP contribution in [0.3, 0.4) is 0 Å². The monoisotopic (exact) mass is 728 g/mol. The van der Waals surface area contributed by atoms with E-state index in [0.29, 0.717) is 36.7 Å². The molecule has 7 atom stereocenters. The molecule has 2 aliphatic carbocycles. The summed E-state index contributed by atoms with van der Waals surface area (Å²) in [6.07, 6.45) is 10.1. The Morgan fingerprint density at radius 2 is 1.52 bits per heavy atom. The van der Waals surface area contributed by atoms with Crippen molar-refractivity contribution >= 4 is 23.5 Å². The predicted molar refractivity (Wildman–Crippen MR) is 208 cm³/mol. The van der Waals surface area contributed by atoms with Gasteiger partial charge in [0.2, 0.25) is 11.8 Å². The highest BCUT2D eigenvalue weighted by Crippen LogP contribution is 2.50. The number of aromatic nitrogens is 2. The Morgan fingerprint density at radius 1 is 0.833 bits per heavy atom. The summed E-state index contributed by atoms with van der Waals surface area (Å²) in [4.78, 5) is 60.3. The fourth-order valence-corrected chi connectivity index (χ4v) is 8.05. The third kappa shape index (κ3) is 8.98. The van der Waals surface area contributed by atoms with Gasteiger partial charge in [-0.1, -0.05) is 99.0 Å². The summed E-state index contributed by atoms with van der Waals surface area (Å²) >= 11 is 0. The highest BCUT2D eigenvalue weighted by molar-refractivity contribution is 5.97. The number of likely N-dealkylation sites (tertiary alicyclic amines) is 1. The van der Waals surface area contributed by atoms with Crippen LogP contribution in [0.5, 0.6) is 0 Å². The molecule has 1 saturated heterocycles. The number of carbonyl (C=O) groups is 4. The van der Waals surface area contributed by atoms with Crippen molar-refractivity contribution in [3.8, 4) is 11.3 Å². The highest BCUT2D eigenvalue weighted by Gasteiger charge is 2.48. The molecular weight excluding hydrogens is 677 g/mol. The van der Waals surface area contributed by atoms with Crippen LogP contribution in [0.1, 0.15) is 85.2 Å². The number of hydrogen-bond donors (Lipinski definition) is 3. The first-order valence-electron chi connectivity index (χ1n) is 19.7. The smallest absolute Gasteiger partial charge is 0.253 e. The van der Waals surface area contributed by atoms with Gasteiger partial charge in [0.1, 0.15) is 11.8 Å². The van der Waals surface area contributed by atoms with E-state index in [1.807, 2.05) is 54.7 Å². The first-order chi connectivity index (χ1) is 26.3. The van der Waals surface area contributed by atoms with Crippen molar-refractivity contribution in [1.29, 1.82) is 0 Å². The van der Waals surface area contributed by atoms with Crippen LogP contribution in [0.2, 0.25) is 0 Å². The quantitative estimate of drug-likeness (QED) is 0.119. The number of Topliss-reactive ketones (excluding diaryl/α,β-unsaturated/α-hetero) is 1. The molecule has 2 saturated carbocycles. The van der Waals surface area contributed by atoms with Gasteiger partial charge in [0.25, 0.3) is 5.91 Å². The van der Waals surface area contributed by atoms with Gasteiger partial charge in [-0.05, 0) is 54.4 Å². The Morgan fingerprint density at radius 3 is 2.22 bits per heavy atom. The van der Waals surface area contributed by atoms with E-state index in [4.69, 9.17) is 5.73 Å². The first-order valence-corrected chi connectivity index (χ1v) is 19.7. The van der Waals surface area contributed by atoms with Gasteiger partial charge in [0.05, 0.1) is 17.9 Å². The molecular formula is C44H52N6O4. The van der Waals surface area contributed by atoms with Crippen LogP contribution in [-0.2, 0) is 20.9 Å². The molecule has 0 spiro atoms. The lowest BCUT2D eigenvalue weighted by molar-refractivity contribution is -0.132. The number of ketones is 1. The molecule has 0 unspecified atom stereocenters. The minimum atomic E-state index is -0.690. The summed E-state index contributed by atoms with van der Waals surface area (Å²) in [7, 11) is 0. The number of amides is 3. The molecule has 7 rings (SSSR count). The zero-order valence-corrected chi connectivity index (χ0v) is 31.1. The standard InChI is InChI=1S/C44H52N6O4/c1-2-3-4-11-20-46-43(53)38(45)26-49-27-40(47-28-49)31-16-18-32(19-17-31)44(54)50-24-36(41(51)22-33-21-34(33)29-12-7-5-8-13-29)37(25-50)42(52)48-39-23-35(39)30-14-9-6-10-15-30/h5-10,12-19,27-28,33-39H,2-4,11,20-26,45H2,1H3,(H,46,53)(H,48,52)/t33-,34-,35-,36-,37-,38+,39+/m1/s1. The zero-order valence-electron chi connectivity index (χ0n) is 31.1. The molecule has 3 amide bonds. The summed E-state index contributed by atoms with van der Waals surface area (Å²) in [5.74, 6) is -0.681. The molecule has 4 N–H and O–H groups in total. The average molecular weight is 729 g/mol. The van der Waals surface area contributed by atoms with Crippen LogP contribution in [0.25, 0.3) is 11.3 Å². The summed E-state index contributed by atoms with van der Waals surface area (Å²) in [5.41, 5.74) is 10.6. The number of rotatable bonds is 17. The Labute approximate surface area is 317 Å². The lowest BCUT2D eigenvalue weighted by Crippen LogP contribution is -2.43. The van der Waals surface area contributed by atoms with E-state index in [2.05, 4.69) is 46.8 Å². The molecule has 4 aromatic rings. The second-order valence-corrected chi connectivity index (χ2v) is 15.5. The molecule has 2 heterocycles. The van der Waals surface area contributed by atoms with E-state index in [1.54, 1.807) is 27.9 Å². The van der Waals surface area contributed by atoms with Crippen LogP contribution >= 0.6 is 0 Å². The second-order valence-electron chi connectivity index (χ2n) is 15.5. The van der Waals surface area contributed by atoms with Crippen molar-refractivity contribution < 1.29 is 19.2 Å². The molecule has 10 nitrogen and oxygen atoms in total. The molecule has 1 aliphatic heterocycles. The maximum Gasteiger partial charge on any atom is 0.253 e. The molecule has 54 heavy (non-hydrogen) atoms. The number of imidazole rings is 1. The van der Waals surface area contributed by atoms with Crippen molar-refractivity contribution in [2.75, 3.05) is 19.6 Å². The summed E-state index contributed by atoms with van der Waals surface area (Å²) in [5, 5.41) is 6.15. The lowest BCUT2D eigenvalue weighted by atomic mass is 9.88. The predicted octanol–water partition coefficient (Wildman–Crippen LogP) is 5.70. The van der Waals surface area contributed by atoms with E-state index in [9.17, 15) is 19.2 Å². The SMILES string of the molecule is CCCCCCNC(=O)[C@@H](N)Cn1cnc(-c2ccc(C(=O)N3C[C@@H](C(=O)C[C@H]4C[C@@H]4c4ccccc4)[C@H](C(=O)N[C@H]4C[C@@H]4c4ccccc4)C3)cc2)c1. The van der Waals surface area contributed by atoms with Gasteiger partial charge in [0, 0.05) is 67.8 Å². The Kier molecular flexibility index (Phi) is 11.7. The third-order valence-corrected chi connectivity index (χ3v) is 11.5. The Bertz CT molecular complexity index is 1840. The molecule has 0 bridgehead atoms. The zero-order chi connectivity index (χ0) is 37.6. The Balaban J connectivity index is 0.975. The minimum absolute atomic E-state index is 0.0375. The average Bonchev–Trinajstić information content (AvgIpc) is 4.03. The van der Waals surface area contributed by atoms with E-state index in [-0.39, 0.29) is 54.5 Å². The van der Waals surface area contributed by atoms with E-state index >= 15 is 0 Å². The topological polar surface area (TPSA) is 139 Å². The number of nitrogens with two attached hydrogens (primary N) is 1. The molecule has 1 aromatic heterocycles. The molecule has 10 heteroatoms. The number of benzene rings is 3. The fraction of sp³-hybridized carbons (Fsp3) is 0.432. The van der Waals surface area contributed by atoms with Crippen molar-refractivity contribution in [1.82, 2.24) is 25.1 Å². The molecule has 3 aromatic carbocycles. The third-order valence-electron chi connectivity index (χ3n) is 11.5. The Hall–Kier alpha value is -5.09. The van der Waals surface area contributed by atoms with Crippen molar-refractivity contribution in [3.63, 3.8) is 0 Å². The fourth-order valence-electron chi connectivity index (χ4n) is 8.05. The first kappa shape index (κ1) is 37.2. The minimum Gasteiger partial charge on any atom is -0.355 e. The molecule has 3 aliphatic rings. The molecule has 3 fully saturated rings. The maximum absolute atomic E-state index is 13.9. The van der Waals surface area contributed by atoms with Gasteiger partial charge in [-0.15, -0.1) is 0 Å². The van der Waals surface area contributed by atoms with E-state index < -0.39 is 17.9 Å². The largest absolute Gasteiger partial charge is 0.355 e. The summed E-state index contributed by atoms with van der Waals surface area (Å²) in [6, 6.07) is 27.0. The highest BCUT2D eigenvalue weighted by atomic mass is 16.2. The number of carbonyl (C=O) groups excluding carboxylic acids is 4. The normalized spacial score (nSPS) is 23.4. The van der Waals surface area contributed by atoms with Gasteiger partial charge in [-0.3, -0.25) is 19.2 Å². The summed E-state index contributed by atoms with van der Waals surface area (Å²) in [6.45, 7) is 3.51. The van der Waals surface area contributed by atoms with Gasteiger partial charge in [0.15, 0.2) is 0 Å². The number of hydrogen-bond acceptors (Lipinski definition) is 6. The van der Waals surface area contributed by atoms with Crippen LogP contribution in [0, 0.1) is 17.8 Å². The number of nitrogens with zero attached hydrogens (tertiary/aromatic N) is 3. The van der Waals surface area contributed by atoms with Crippen LogP contribution < -0.4 is 16.4 Å². The number of unbranched alkanes of at least 4 members (excludes halogenated alkanes) is 3. The second kappa shape index (κ2) is 16.9.